The van der Waals surface area contributed by atoms with Crippen LogP contribution in [0.4, 0.5) is 0 Å². The van der Waals surface area contributed by atoms with Crippen LogP contribution in [0.2, 0.25) is 0 Å². The summed E-state index contributed by atoms with van der Waals surface area (Å²) < 4.78 is 13.5. The fourth-order valence-electron chi connectivity index (χ4n) is 3.75. The second-order valence-electron chi connectivity index (χ2n) is 7.79. The quantitative estimate of drug-likeness (QED) is 0.357. The van der Waals surface area contributed by atoms with Crippen molar-refractivity contribution >= 4 is 11.8 Å². The molecule has 0 saturated carbocycles. The highest BCUT2D eigenvalue weighted by molar-refractivity contribution is 5.70. The predicted octanol–water partition coefficient (Wildman–Crippen LogP) is 5.93. The Labute approximate surface area is 188 Å². The van der Waals surface area contributed by atoms with Crippen molar-refractivity contribution < 1.29 is 19.7 Å². The summed E-state index contributed by atoms with van der Waals surface area (Å²) in [5.41, 5.74) is 3.68. The molecule has 1 fully saturated rings. The highest BCUT2D eigenvalue weighted by Crippen LogP contribution is 2.26. The molecule has 2 aromatic carbocycles. The van der Waals surface area contributed by atoms with Crippen LogP contribution in [0.25, 0.3) is 22.9 Å². The van der Waals surface area contributed by atoms with Crippen molar-refractivity contribution in [1.82, 2.24) is 9.55 Å². The van der Waals surface area contributed by atoms with Crippen LogP contribution < -0.4 is 0 Å². The largest absolute Gasteiger partial charge is 0.513 e. The Bertz CT molecular complexity index is 1060. The summed E-state index contributed by atoms with van der Waals surface area (Å²) in [4.78, 5) is 4.44. The standard InChI is InChI=1S/C26H28N2O4/c1-19(32-25-4-2-3-17-31-25)26-27-15-16-28(26)23(18-29)12-7-20-5-8-21(9-6-20)22-10-13-24(30)14-11-22/h5-16,18-19,25,29-30H,2-4,17H2,1H3/b12-7+,23-18+/t19-,25?/m0/s1. The van der Waals surface area contributed by atoms with Crippen LogP contribution in [0.15, 0.2) is 73.3 Å². The molecule has 3 aromatic rings. The molecule has 1 aliphatic rings. The number of hydrogen-bond acceptors (Lipinski definition) is 5. The number of ether oxygens (including phenoxy) is 2. The number of imidazole rings is 1. The van der Waals surface area contributed by atoms with Gasteiger partial charge in [-0.25, -0.2) is 4.98 Å². The van der Waals surface area contributed by atoms with E-state index in [1.54, 1.807) is 24.5 Å². The Kier molecular flexibility index (Phi) is 7.04. The van der Waals surface area contributed by atoms with Crippen LogP contribution in [0.1, 0.15) is 43.7 Å². The monoisotopic (exact) mass is 432 g/mol. The molecule has 166 valence electrons. The van der Waals surface area contributed by atoms with E-state index in [9.17, 15) is 10.2 Å². The number of aromatic nitrogens is 2. The number of allylic oxidation sites excluding steroid dienone is 2. The van der Waals surface area contributed by atoms with E-state index in [0.717, 1.165) is 48.8 Å². The molecule has 1 aliphatic heterocycles. The molecule has 0 spiro atoms. The van der Waals surface area contributed by atoms with Gasteiger partial charge in [-0.05, 0) is 61.1 Å². The van der Waals surface area contributed by atoms with Crippen LogP contribution in [-0.2, 0) is 9.47 Å². The van der Waals surface area contributed by atoms with E-state index < -0.39 is 0 Å². The number of benzene rings is 2. The van der Waals surface area contributed by atoms with Crippen LogP contribution in [-0.4, -0.2) is 32.7 Å². The summed E-state index contributed by atoms with van der Waals surface area (Å²) in [6.07, 6.45) is 10.9. The van der Waals surface area contributed by atoms with E-state index >= 15 is 0 Å². The smallest absolute Gasteiger partial charge is 0.158 e. The maximum Gasteiger partial charge on any atom is 0.158 e. The molecule has 1 aromatic heterocycles. The van der Waals surface area contributed by atoms with Gasteiger partial charge in [0.1, 0.15) is 23.9 Å². The molecular formula is C26H28N2O4. The number of aromatic hydroxyl groups is 1. The fraction of sp³-hybridized carbons (Fsp3) is 0.269. The zero-order valence-electron chi connectivity index (χ0n) is 18.1. The van der Waals surface area contributed by atoms with E-state index in [2.05, 4.69) is 4.98 Å². The summed E-state index contributed by atoms with van der Waals surface area (Å²) in [6, 6.07) is 15.2. The number of hydrogen-bond donors (Lipinski definition) is 2. The number of nitrogens with zero attached hydrogens (tertiary/aromatic N) is 2. The number of phenolic OH excluding ortho intramolecular Hbond substituents is 1. The molecule has 0 bridgehead atoms. The average molecular weight is 433 g/mol. The van der Waals surface area contributed by atoms with Gasteiger partial charge in [0.2, 0.25) is 0 Å². The van der Waals surface area contributed by atoms with E-state index in [1.807, 2.05) is 60.0 Å². The van der Waals surface area contributed by atoms with Crippen molar-refractivity contribution in [3.05, 3.63) is 84.7 Å². The maximum absolute atomic E-state index is 9.87. The number of aliphatic hydroxyl groups is 1. The third kappa shape index (κ3) is 5.28. The van der Waals surface area contributed by atoms with Gasteiger partial charge < -0.3 is 19.7 Å². The Morgan fingerprint density at radius 3 is 2.50 bits per heavy atom. The van der Waals surface area contributed by atoms with Crippen LogP contribution in [0.5, 0.6) is 5.75 Å². The molecule has 2 N–H and O–H groups in total. The summed E-state index contributed by atoms with van der Waals surface area (Å²) in [5, 5.41) is 19.3. The van der Waals surface area contributed by atoms with Gasteiger partial charge in [0.05, 0.1) is 5.70 Å². The predicted molar refractivity (Wildman–Crippen MR) is 125 cm³/mol. The van der Waals surface area contributed by atoms with Crippen LogP contribution >= 0.6 is 0 Å². The van der Waals surface area contributed by atoms with E-state index in [1.165, 1.54) is 0 Å². The molecule has 0 aliphatic carbocycles. The first-order valence-electron chi connectivity index (χ1n) is 10.9. The minimum absolute atomic E-state index is 0.215. The molecule has 6 heteroatoms. The average Bonchev–Trinajstić information content (AvgIpc) is 3.31. The molecule has 0 amide bonds. The Balaban J connectivity index is 1.45. The molecule has 4 rings (SSSR count). The Morgan fingerprint density at radius 1 is 1.12 bits per heavy atom. The van der Waals surface area contributed by atoms with Crippen molar-refractivity contribution in [2.24, 2.45) is 0 Å². The fourth-order valence-corrected chi connectivity index (χ4v) is 3.75. The van der Waals surface area contributed by atoms with Crippen molar-refractivity contribution in [3.8, 4) is 16.9 Å². The summed E-state index contributed by atoms with van der Waals surface area (Å²) >= 11 is 0. The van der Waals surface area contributed by atoms with Gasteiger partial charge in [-0.1, -0.05) is 42.5 Å². The van der Waals surface area contributed by atoms with Crippen molar-refractivity contribution in [3.63, 3.8) is 0 Å². The first-order chi connectivity index (χ1) is 15.6. The molecule has 32 heavy (non-hydrogen) atoms. The van der Waals surface area contributed by atoms with Gasteiger partial charge in [-0.3, -0.25) is 4.57 Å². The lowest BCUT2D eigenvalue weighted by Gasteiger charge is -2.26. The number of aliphatic hydroxyl groups excluding tert-OH is 1. The lowest BCUT2D eigenvalue weighted by molar-refractivity contribution is -0.187. The Hall–Kier alpha value is -3.35. The molecule has 1 unspecified atom stereocenters. The molecular weight excluding hydrogens is 404 g/mol. The van der Waals surface area contributed by atoms with E-state index in [0.29, 0.717) is 11.5 Å². The second-order valence-corrected chi connectivity index (χ2v) is 7.79. The molecule has 1 saturated heterocycles. The maximum atomic E-state index is 9.87. The highest BCUT2D eigenvalue weighted by Gasteiger charge is 2.21. The topological polar surface area (TPSA) is 76.7 Å². The zero-order chi connectivity index (χ0) is 22.3. The minimum Gasteiger partial charge on any atom is -0.513 e. The van der Waals surface area contributed by atoms with Crippen molar-refractivity contribution in [2.45, 2.75) is 38.6 Å². The highest BCUT2D eigenvalue weighted by atomic mass is 16.7. The third-order valence-electron chi connectivity index (χ3n) is 5.50. The molecule has 2 heterocycles. The first kappa shape index (κ1) is 21.9. The lowest BCUT2D eigenvalue weighted by Crippen LogP contribution is -2.24. The van der Waals surface area contributed by atoms with Gasteiger partial charge in [-0.15, -0.1) is 0 Å². The normalized spacial score (nSPS) is 18.2. The van der Waals surface area contributed by atoms with Gasteiger partial charge in [-0.2, -0.15) is 0 Å². The van der Waals surface area contributed by atoms with E-state index in [4.69, 9.17) is 9.47 Å². The van der Waals surface area contributed by atoms with E-state index in [-0.39, 0.29) is 18.1 Å². The number of phenols is 1. The van der Waals surface area contributed by atoms with Gasteiger partial charge in [0, 0.05) is 19.0 Å². The molecule has 6 nitrogen and oxygen atoms in total. The lowest BCUT2D eigenvalue weighted by atomic mass is 10.0. The summed E-state index contributed by atoms with van der Waals surface area (Å²) in [5.74, 6) is 0.952. The van der Waals surface area contributed by atoms with Gasteiger partial charge in [0.15, 0.2) is 6.29 Å². The zero-order valence-corrected chi connectivity index (χ0v) is 18.1. The number of rotatable bonds is 7. The van der Waals surface area contributed by atoms with Crippen LogP contribution in [0.3, 0.4) is 0 Å². The van der Waals surface area contributed by atoms with Crippen molar-refractivity contribution in [2.75, 3.05) is 6.61 Å². The molecule has 0 radical (unpaired) electrons. The summed E-state index contributed by atoms with van der Waals surface area (Å²) in [6.45, 7) is 2.67. The molecule has 2 atom stereocenters. The van der Waals surface area contributed by atoms with Crippen molar-refractivity contribution in [1.29, 1.82) is 0 Å². The SMILES string of the molecule is C[C@H](OC1CCCCO1)c1nccn1C(/C=C/c1ccc(-c2ccc(O)cc2)cc1)=C/O. The minimum atomic E-state index is -0.277. The Morgan fingerprint density at radius 2 is 1.84 bits per heavy atom. The summed E-state index contributed by atoms with van der Waals surface area (Å²) in [7, 11) is 0. The second kappa shape index (κ2) is 10.3. The van der Waals surface area contributed by atoms with Gasteiger partial charge >= 0.3 is 0 Å². The first-order valence-corrected chi connectivity index (χ1v) is 10.9. The van der Waals surface area contributed by atoms with Gasteiger partial charge in [0.25, 0.3) is 0 Å². The third-order valence-corrected chi connectivity index (χ3v) is 5.50. The van der Waals surface area contributed by atoms with Crippen LogP contribution in [0, 0.1) is 0 Å².